The molecule has 10 nitrogen and oxygen atoms in total. The van der Waals surface area contributed by atoms with Gasteiger partial charge in [0.05, 0.1) is 0 Å². The van der Waals surface area contributed by atoms with Crippen LogP contribution >= 0.6 is 21.6 Å². The fourth-order valence-electron chi connectivity index (χ4n) is 0.888. The first kappa shape index (κ1) is 18.5. The molecule has 0 aromatic carbocycles. The van der Waals surface area contributed by atoms with E-state index >= 15 is 0 Å². The van der Waals surface area contributed by atoms with Crippen molar-refractivity contribution in [1.82, 2.24) is 0 Å². The third kappa shape index (κ3) is 5.24. The van der Waals surface area contributed by atoms with E-state index in [1.165, 1.54) is 0 Å². The predicted octanol–water partition coefficient (Wildman–Crippen LogP) is -1.90. The third-order valence-corrected chi connectivity index (χ3v) is 5.07. The molecule has 0 heterocycles. The highest BCUT2D eigenvalue weighted by molar-refractivity contribution is 8.77. The Hall–Kier alpha value is -1.50. The van der Waals surface area contributed by atoms with Gasteiger partial charge in [-0.25, -0.2) is 0 Å². The average Bonchev–Trinajstić information content (AvgIpc) is 2.31. The fraction of sp³-hybridized carbons (Fsp3) is 0.500. The van der Waals surface area contributed by atoms with Crippen molar-refractivity contribution in [3.63, 3.8) is 0 Å². The lowest BCUT2D eigenvalue weighted by Crippen LogP contribution is -2.46. The Bertz CT molecular complexity index is 379. The molecule has 0 aliphatic carbocycles. The second-order valence-electron chi connectivity index (χ2n) is 3.44. The molecule has 0 rings (SSSR count). The molecule has 0 saturated carbocycles. The molecule has 0 aliphatic heterocycles. The molecule has 0 fully saturated rings. The van der Waals surface area contributed by atoms with Crippen molar-refractivity contribution < 1.29 is 39.6 Å². The van der Waals surface area contributed by atoms with Gasteiger partial charge in [0.1, 0.15) is 22.6 Å². The van der Waals surface area contributed by atoms with Gasteiger partial charge in [0.15, 0.2) is 0 Å². The van der Waals surface area contributed by atoms with Crippen molar-refractivity contribution in [3.05, 3.63) is 0 Å². The smallest absolute Gasteiger partial charge is 0.322 e. The summed E-state index contributed by atoms with van der Waals surface area (Å²) < 4.78 is 0. The van der Waals surface area contributed by atoms with E-state index in [1.54, 1.807) is 0 Å². The first-order chi connectivity index (χ1) is 9.09. The molecule has 20 heavy (non-hydrogen) atoms. The van der Waals surface area contributed by atoms with Crippen LogP contribution in [0.3, 0.4) is 0 Å². The summed E-state index contributed by atoms with van der Waals surface area (Å²) in [6.45, 7) is 0. The predicted molar refractivity (Wildman–Crippen MR) is 69.3 cm³/mol. The molecule has 0 bridgehead atoms. The summed E-state index contributed by atoms with van der Waals surface area (Å²) in [5.41, 5.74) is 10.3. The molecular formula is C8H12N2O8S2. The Morgan fingerprint density at radius 2 is 0.900 bits per heavy atom. The number of hydrogen-bond acceptors (Lipinski definition) is 8. The minimum absolute atomic E-state index is 0.335. The minimum atomic E-state index is -1.78. The minimum Gasteiger partial charge on any atom is -0.480 e. The van der Waals surface area contributed by atoms with Crippen LogP contribution in [0.5, 0.6) is 0 Å². The Kier molecular flexibility index (Phi) is 7.34. The highest BCUT2D eigenvalue weighted by atomic mass is 33.1. The van der Waals surface area contributed by atoms with Crippen molar-refractivity contribution in [2.75, 3.05) is 0 Å². The second kappa shape index (κ2) is 7.94. The molecule has 114 valence electrons. The maximum atomic E-state index is 10.9. The number of aliphatic carboxylic acids is 4. The van der Waals surface area contributed by atoms with E-state index in [0.29, 0.717) is 21.6 Å². The molecule has 12 heteroatoms. The van der Waals surface area contributed by atoms with Crippen LogP contribution in [0.15, 0.2) is 0 Å². The monoisotopic (exact) mass is 328 g/mol. The van der Waals surface area contributed by atoms with E-state index in [9.17, 15) is 19.2 Å². The van der Waals surface area contributed by atoms with Crippen molar-refractivity contribution in [2.45, 2.75) is 22.6 Å². The molecule has 0 aromatic heterocycles. The molecule has 0 amide bonds. The van der Waals surface area contributed by atoms with E-state index < -0.39 is 46.5 Å². The molecule has 2 unspecified atom stereocenters. The first-order valence-corrected chi connectivity index (χ1v) is 7.11. The van der Waals surface area contributed by atoms with E-state index in [0.717, 1.165) is 0 Å². The SMILES string of the molecule is N[C@H](C(=O)O)C(SSC(C(=O)O)[C@H](N)C(=O)O)C(=O)O. The number of rotatable bonds is 9. The fourth-order valence-corrected chi connectivity index (χ4v) is 3.69. The summed E-state index contributed by atoms with van der Waals surface area (Å²) in [6, 6.07) is -3.55. The topological polar surface area (TPSA) is 201 Å². The highest BCUT2D eigenvalue weighted by Gasteiger charge is 2.37. The number of carbonyl (C=O) groups is 4. The summed E-state index contributed by atoms with van der Waals surface area (Å²) in [4.78, 5) is 43.0. The van der Waals surface area contributed by atoms with Crippen molar-refractivity contribution >= 4 is 45.5 Å². The maximum Gasteiger partial charge on any atom is 0.322 e. The normalized spacial score (nSPS) is 16.7. The van der Waals surface area contributed by atoms with Gasteiger partial charge < -0.3 is 31.9 Å². The van der Waals surface area contributed by atoms with Crippen LogP contribution in [0, 0.1) is 0 Å². The summed E-state index contributed by atoms with van der Waals surface area (Å²) in [5, 5.41) is 31.6. The molecule has 0 radical (unpaired) electrons. The van der Waals surface area contributed by atoms with Crippen molar-refractivity contribution in [3.8, 4) is 0 Å². The Morgan fingerprint density at radius 3 is 1.05 bits per heavy atom. The van der Waals surface area contributed by atoms with Crippen LogP contribution in [0.2, 0.25) is 0 Å². The van der Waals surface area contributed by atoms with Crippen LogP contribution < -0.4 is 11.5 Å². The quantitative estimate of drug-likeness (QED) is 0.257. The maximum absolute atomic E-state index is 10.9. The Morgan fingerprint density at radius 1 is 0.650 bits per heavy atom. The van der Waals surface area contributed by atoms with Crippen LogP contribution in [-0.2, 0) is 19.2 Å². The first-order valence-electron chi connectivity index (χ1n) is 4.84. The van der Waals surface area contributed by atoms with E-state index in [1.807, 2.05) is 0 Å². The number of nitrogens with two attached hydrogens (primary N) is 2. The zero-order valence-corrected chi connectivity index (χ0v) is 11.3. The molecule has 0 spiro atoms. The third-order valence-electron chi connectivity index (χ3n) is 1.97. The van der Waals surface area contributed by atoms with Gasteiger partial charge in [-0.1, -0.05) is 21.6 Å². The number of carboxylic acid groups (broad SMARTS) is 4. The second-order valence-corrected chi connectivity index (χ2v) is 5.99. The Balaban J connectivity index is 4.89. The van der Waals surface area contributed by atoms with Gasteiger partial charge in [-0.15, -0.1) is 0 Å². The van der Waals surface area contributed by atoms with Gasteiger partial charge >= 0.3 is 23.9 Å². The molecule has 0 aliphatic rings. The molecular weight excluding hydrogens is 316 g/mol. The van der Waals surface area contributed by atoms with Gasteiger partial charge in [0, 0.05) is 0 Å². The summed E-state index contributed by atoms with van der Waals surface area (Å²) in [6.07, 6.45) is 0. The lowest BCUT2D eigenvalue weighted by atomic mass is 10.2. The van der Waals surface area contributed by atoms with E-state index in [-0.39, 0.29) is 0 Å². The van der Waals surface area contributed by atoms with Crippen LogP contribution in [0.4, 0.5) is 0 Å². The largest absolute Gasteiger partial charge is 0.480 e. The molecule has 0 saturated heterocycles. The Labute approximate surface area is 119 Å². The van der Waals surface area contributed by atoms with Gasteiger partial charge in [0.25, 0.3) is 0 Å². The lowest BCUT2D eigenvalue weighted by molar-refractivity contribution is -0.144. The highest BCUT2D eigenvalue weighted by Crippen LogP contribution is 2.34. The summed E-state index contributed by atoms with van der Waals surface area (Å²) in [5.74, 6) is -6.30. The standard InChI is InChI=1S/C8H12N2O8S2/c9-1(5(11)12)3(7(15)16)19-20-4(8(17)18)2(10)6(13)14/h1-4H,9-10H2,(H,11,12)(H,13,14)(H,15,16)(H,17,18)/t1-,2-,3?,4?/m0/s1. The lowest BCUT2D eigenvalue weighted by Gasteiger charge is -2.19. The van der Waals surface area contributed by atoms with Crippen molar-refractivity contribution in [1.29, 1.82) is 0 Å². The van der Waals surface area contributed by atoms with Crippen LogP contribution in [0.1, 0.15) is 0 Å². The number of hydrogen-bond donors (Lipinski definition) is 6. The number of carboxylic acids is 4. The zero-order chi connectivity index (χ0) is 16.0. The molecule has 0 aromatic rings. The van der Waals surface area contributed by atoms with Crippen LogP contribution in [0.25, 0.3) is 0 Å². The molecule has 8 N–H and O–H groups in total. The van der Waals surface area contributed by atoms with Crippen molar-refractivity contribution in [2.24, 2.45) is 11.5 Å². The van der Waals surface area contributed by atoms with Gasteiger partial charge in [-0.2, -0.15) is 0 Å². The van der Waals surface area contributed by atoms with E-state index in [4.69, 9.17) is 31.9 Å². The molecule has 4 atom stereocenters. The average molecular weight is 328 g/mol. The summed E-state index contributed by atoms with van der Waals surface area (Å²) in [7, 11) is 0.671. The van der Waals surface area contributed by atoms with Gasteiger partial charge in [0.2, 0.25) is 0 Å². The van der Waals surface area contributed by atoms with Gasteiger partial charge in [-0.05, 0) is 0 Å². The zero-order valence-electron chi connectivity index (χ0n) is 9.70. The summed E-state index contributed by atoms with van der Waals surface area (Å²) >= 11 is 0. The van der Waals surface area contributed by atoms with Crippen LogP contribution in [-0.4, -0.2) is 66.9 Å². The van der Waals surface area contributed by atoms with Gasteiger partial charge in [-0.3, -0.25) is 19.2 Å². The van der Waals surface area contributed by atoms with E-state index in [2.05, 4.69) is 0 Å².